The number of ether oxygens (including phenoxy) is 1. The van der Waals surface area contributed by atoms with Gasteiger partial charge in [0.25, 0.3) is 0 Å². The summed E-state index contributed by atoms with van der Waals surface area (Å²) in [5.41, 5.74) is 3.47. The van der Waals surface area contributed by atoms with Crippen LogP contribution in [0.5, 0.6) is 0 Å². The van der Waals surface area contributed by atoms with Crippen molar-refractivity contribution in [3.63, 3.8) is 0 Å². The van der Waals surface area contributed by atoms with Crippen LogP contribution in [-0.2, 0) is 18.4 Å². The van der Waals surface area contributed by atoms with Gasteiger partial charge in [-0.3, -0.25) is 4.68 Å². The largest absolute Gasteiger partial charge is 0.457 e. The Morgan fingerprint density at radius 3 is 3.19 bits per heavy atom. The first-order valence-corrected chi connectivity index (χ1v) is 5.87. The van der Waals surface area contributed by atoms with Gasteiger partial charge in [0.05, 0.1) is 25.7 Å². The van der Waals surface area contributed by atoms with E-state index in [-0.39, 0.29) is 5.92 Å². The normalized spacial score (nSPS) is 19.8. The smallest absolute Gasteiger partial charge is 0.174 e. The number of aromatic nitrogens is 2. The van der Waals surface area contributed by atoms with E-state index in [1.54, 1.807) is 10.9 Å². The zero-order valence-corrected chi connectivity index (χ0v) is 10.4. The number of hydrogen-bond donors (Lipinski definition) is 0. The van der Waals surface area contributed by atoms with Gasteiger partial charge in [-0.05, 0) is 21.5 Å². The third-order valence-corrected chi connectivity index (χ3v) is 3.57. The average Bonchev–Trinajstić information content (AvgIpc) is 2.86. The van der Waals surface area contributed by atoms with E-state index in [1.165, 1.54) is 5.56 Å². The second-order valence-corrected chi connectivity index (χ2v) is 4.68. The Bertz CT molecular complexity index is 518. The molecule has 0 amide bonds. The van der Waals surface area contributed by atoms with Crippen LogP contribution in [0.25, 0.3) is 0 Å². The van der Waals surface area contributed by atoms with Gasteiger partial charge < -0.3 is 9.15 Å². The summed E-state index contributed by atoms with van der Waals surface area (Å²) in [7, 11) is 1.92. The van der Waals surface area contributed by atoms with E-state index < -0.39 is 0 Å². The quantitative estimate of drug-likeness (QED) is 0.807. The molecule has 1 aliphatic rings. The predicted octanol–water partition coefficient (Wildman–Crippen LogP) is 2.44. The highest BCUT2D eigenvalue weighted by molar-refractivity contribution is 9.10. The van der Waals surface area contributed by atoms with Crippen molar-refractivity contribution in [2.75, 3.05) is 6.61 Å². The minimum absolute atomic E-state index is 0.229. The number of aryl methyl sites for hydroxylation is 1. The van der Waals surface area contributed by atoms with E-state index in [4.69, 9.17) is 9.15 Å². The average molecular weight is 283 g/mol. The van der Waals surface area contributed by atoms with Crippen LogP contribution in [0, 0.1) is 0 Å². The number of nitrogens with zero attached hydrogens (tertiary/aromatic N) is 2. The number of furan rings is 1. The molecule has 84 valence electrons. The van der Waals surface area contributed by atoms with E-state index in [2.05, 4.69) is 21.0 Å². The van der Waals surface area contributed by atoms with Gasteiger partial charge in [-0.2, -0.15) is 5.10 Å². The van der Waals surface area contributed by atoms with Crippen LogP contribution in [0.1, 0.15) is 22.6 Å². The van der Waals surface area contributed by atoms with E-state index in [0.717, 1.165) is 15.8 Å². The fraction of sp³-hybridized carbons (Fsp3) is 0.364. The van der Waals surface area contributed by atoms with Crippen molar-refractivity contribution in [2.45, 2.75) is 12.5 Å². The molecule has 0 saturated carbocycles. The molecule has 0 saturated heterocycles. The first kappa shape index (κ1) is 10.1. The van der Waals surface area contributed by atoms with E-state index >= 15 is 0 Å². The maximum absolute atomic E-state index is 5.58. The molecule has 0 bridgehead atoms. The van der Waals surface area contributed by atoms with Crippen molar-refractivity contribution in [3.05, 3.63) is 40.0 Å². The molecule has 0 aromatic carbocycles. The molecule has 3 rings (SSSR count). The molecule has 0 N–H and O–H groups in total. The van der Waals surface area contributed by atoms with Gasteiger partial charge in [0.1, 0.15) is 0 Å². The van der Waals surface area contributed by atoms with E-state index in [1.807, 2.05) is 19.4 Å². The van der Waals surface area contributed by atoms with Crippen LogP contribution in [0.15, 0.2) is 27.7 Å². The minimum Gasteiger partial charge on any atom is -0.457 e. The molecule has 5 heteroatoms. The molecular weight excluding hydrogens is 272 g/mol. The summed E-state index contributed by atoms with van der Waals surface area (Å²) in [6.45, 7) is 1.30. The summed E-state index contributed by atoms with van der Waals surface area (Å²) in [4.78, 5) is 0. The van der Waals surface area contributed by atoms with Crippen molar-refractivity contribution in [1.82, 2.24) is 9.78 Å². The summed E-state index contributed by atoms with van der Waals surface area (Å²) in [6, 6.07) is 0. The molecule has 2 aromatic heterocycles. The maximum atomic E-state index is 5.58. The molecule has 1 atom stereocenters. The molecule has 2 aromatic rings. The number of rotatable bonds is 1. The van der Waals surface area contributed by atoms with Gasteiger partial charge >= 0.3 is 0 Å². The second-order valence-electron chi connectivity index (χ2n) is 3.96. The SMILES string of the molecule is Cn1cc(C2COCc3c2coc3Br)cn1. The van der Waals surface area contributed by atoms with Crippen LogP contribution < -0.4 is 0 Å². The van der Waals surface area contributed by atoms with Gasteiger partial charge in [-0.25, -0.2) is 0 Å². The molecule has 16 heavy (non-hydrogen) atoms. The molecule has 1 unspecified atom stereocenters. The lowest BCUT2D eigenvalue weighted by Crippen LogP contribution is -2.16. The first-order chi connectivity index (χ1) is 7.75. The predicted molar refractivity (Wildman–Crippen MR) is 61.1 cm³/mol. The van der Waals surface area contributed by atoms with Gasteiger partial charge in [-0.1, -0.05) is 0 Å². The van der Waals surface area contributed by atoms with E-state index in [9.17, 15) is 0 Å². The van der Waals surface area contributed by atoms with Crippen molar-refractivity contribution in [2.24, 2.45) is 7.05 Å². The molecule has 0 spiro atoms. The highest BCUT2D eigenvalue weighted by Crippen LogP contribution is 2.36. The highest BCUT2D eigenvalue weighted by Gasteiger charge is 2.27. The molecule has 0 aliphatic carbocycles. The van der Waals surface area contributed by atoms with Crippen molar-refractivity contribution < 1.29 is 9.15 Å². The topological polar surface area (TPSA) is 40.2 Å². The zero-order valence-electron chi connectivity index (χ0n) is 8.81. The summed E-state index contributed by atoms with van der Waals surface area (Å²) in [5.74, 6) is 0.229. The molecule has 4 nitrogen and oxygen atoms in total. The van der Waals surface area contributed by atoms with Crippen molar-refractivity contribution in [1.29, 1.82) is 0 Å². The monoisotopic (exact) mass is 282 g/mol. The van der Waals surface area contributed by atoms with Gasteiger partial charge in [-0.15, -0.1) is 0 Å². The Balaban J connectivity index is 2.05. The number of fused-ring (bicyclic) bond motifs is 1. The lowest BCUT2D eigenvalue weighted by atomic mass is 9.92. The lowest BCUT2D eigenvalue weighted by molar-refractivity contribution is 0.0993. The summed E-state index contributed by atoms with van der Waals surface area (Å²) in [6.07, 6.45) is 5.70. The molecule has 3 heterocycles. The van der Waals surface area contributed by atoms with Crippen LogP contribution in [0.3, 0.4) is 0 Å². The van der Waals surface area contributed by atoms with Crippen molar-refractivity contribution >= 4 is 15.9 Å². The molecular formula is C11H11BrN2O2. The molecule has 0 fully saturated rings. The van der Waals surface area contributed by atoms with E-state index in [0.29, 0.717) is 13.2 Å². The highest BCUT2D eigenvalue weighted by atomic mass is 79.9. The van der Waals surface area contributed by atoms with Gasteiger partial charge in [0.15, 0.2) is 4.67 Å². The fourth-order valence-corrected chi connectivity index (χ4v) is 2.50. The van der Waals surface area contributed by atoms with Crippen LogP contribution >= 0.6 is 15.9 Å². The summed E-state index contributed by atoms with van der Waals surface area (Å²) < 4.78 is 13.5. The maximum Gasteiger partial charge on any atom is 0.174 e. The van der Waals surface area contributed by atoms with Crippen LogP contribution in [0.4, 0.5) is 0 Å². The molecule has 1 aliphatic heterocycles. The Labute approximate surface area is 101 Å². The third kappa shape index (κ3) is 1.51. The minimum atomic E-state index is 0.229. The second kappa shape index (κ2) is 3.75. The van der Waals surface area contributed by atoms with Crippen molar-refractivity contribution in [3.8, 4) is 0 Å². The van der Waals surface area contributed by atoms with Crippen LogP contribution in [-0.4, -0.2) is 16.4 Å². The number of hydrogen-bond acceptors (Lipinski definition) is 3. The van der Waals surface area contributed by atoms with Gasteiger partial charge in [0, 0.05) is 30.3 Å². The Morgan fingerprint density at radius 2 is 2.44 bits per heavy atom. The van der Waals surface area contributed by atoms with Gasteiger partial charge in [0.2, 0.25) is 0 Å². The third-order valence-electron chi connectivity index (χ3n) is 2.91. The standard InChI is InChI=1S/C11H11BrN2O2/c1-14-3-7(2-13-14)8-4-15-5-10-9(8)6-16-11(10)12/h2-3,6,8H,4-5H2,1H3. The zero-order chi connectivity index (χ0) is 11.1. The molecule has 0 radical (unpaired) electrons. The Kier molecular flexibility index (Phi) is 2.37. The van der Waals surface area contributed by atoms with Crippen LogP contribution in [0.2, 0.25) is 0 Å². The Hall–Kier alpha value is -1.07. The lowest BCUT2D eigenvalue weighted by Gasteiger charge is -2.21. The summed E-state index contributed by atoms with van der Waals surface area (Å²) >= 11 is 3.39. The first-order valence-electron chi connectivity index (χ1n) is 5.07. The summed E-state index contributed by atoms with van der Waals surface area (Å²) in [5, 5.41) is 4.19. The number of halogens is 1. The Morgan fingerprint density at radius 1 is 1.56 bits per heavy atom. The fourth-order valence-electron chi connectivity index (χ4n) is 2.07.